The Balaban J connectivity index is 3.85. The molecule has 152 valence electrons. The van der Waals surface area contributed by atoms with Crippen LogP contribution in [0.15, 0.2) is 12.2 Å². The van der Waals surface area contributed by atoms with Crippen LogP contribution in [0.1, 0.15) is 77.6 Å². The van der Waals surface area contributed by atoms with E-state index in [9.17, 15) is 14.7 Å². The van der Waals surface area contributed by atoms with Crippen LogP contribution in [0, 0.1) is 0 Å². The van der Waals surface area contributed by atoms with E-state index in [1.54, 1.807) is 0 Å². The number of carboxylic acid groups (broad SMARTS) is 1. The van der Waals surface area contributed by atoms with Gasteiger partial charge in [-0.15, -0.1) is 0 Å². The third-order valence-corrected chi connectivity index (χ3v) is 4.09. The maximum Gasteiger partial charge on any atom is 0.306 e. The molecular weight excluding hydrogens is 330 g/mol. The van der Waals surface area contributed by atoms with E-state index in [1.165, 1.54) is 38.5 Å². The molecule has 0 unspecified atom stereocenters. The summed E-state index contributed by atoms with van der Waals surface area (Å²) < 4.78 is 5.86. The van der Waals surface area contributed by atoms with E-state index in [1.807, 2.05) is 21.1 Å². The number of aliphatic carboxylic acids is 1. The Morgan fingerprint density at radius 3 is 2.12 bits per heavy atom. The second kappa shape index (κ2) is 14.8. The summed E-state index contributed by atoms with van der Waals surface area (Å²) >= 11 is 0. The molecule has 0 N–H and O–H groups in total. The number of carbonyl (C=O) groups excluding carboxylic acids is 2. The van der Waals surface area contributed by atoms with Gasteiger partial charge in [0.25, 0.3) is 0 Å². The number of hydrogen-bond donors (Lipinski definition) is 0. The summed E-state index contributed by atoms with van der Waals surface area (Å²) in [4.78, 5) is 22.7. The maximum atomic E-state index is 11.9. The minimum Gasteiger partial charge on any atom is -0.550 e. The molecule has 0 rings (SSSR count). The fourth-order valence-electron chi connectivity index (χ4n) is 2.83. The predicted octanol–water partition coefficient (Wildman–Crippen LogP) is 3.22. The maximum absolute atomic E-state index is 11.9. The van der Waals surface area contributed by atoms with Crippen LogP contribution in [0.5, 0.6) is 0 Å². The summed E-state index contributed by atoms with van der Waals surface area (Å²) in [5.41, 5.74) is 0. The molecule has 5 heteroatoms. The molecule has 0 aliphatic heterocycles. The Hall–Kier alpha value is -1.36. The lowest BCUT2D eigenvalue weighted by atomic mass is 10.1. The number of quaternary nitrogens is 1. The molecule has 0 bridgehead atoms. The summed E-state index contributed by atoms with van der Waals surface area (Å²) in [6.07, 6.45) is 14.3. The first-order valence-corrected chi connectivity index (χ1v) is 10.1. The van der Waals surface area contributed by atoms with Crippen LogP contribution in [-0.2, 0) is 14.3 Å². The van der Waals surface area contributed by atoms with Gasteiger partial charge < -0.3 is 19.1 Å². The van der Waals surface area contributed by atoms with Crippen molar-refractivity contribution < 1.29 is 23.9 Å². The van der Waals surface area contributed by atoms with Gasteiger partial charge in [-0.2, -0.15) is 0 Å². The number of hydrogen-bond acceptors (Lipinski definition) is 4. The average Bonchev–Trinajstić information content (AvgIpc) is 2.50. The van der Waals surface area contributed by atoms with Gasteiger partial charge >= 0.3 is 5.97 Å². The van der Waals surface area contributed by atoms with Crippen LogP contribution in [-0.4, -0.2) is 50.2 Å². The monoisotopic (exact) mass is 369 g/mol. The molecule has 26 heavy (non-hydrogen) atoms. The number of carboxylic acids is 1. The average molecular weight is 370 g/mol. The normalized spacial score (nSPS) is 13.1. The molecule has 0 radical (unpaired) electrons. The van der Waals surface area contributed by atoms with Crippen LogP contribution < -0.4 is 5.11 Å². The fraction of sp³-hybridized carbons (Fsp3) is 0.810. The lowest BCUT2D eigenvalue weighted by Gasteiger charge is -2.29. The van der Waals surface area contributed by atoms with Crippen LogP contribution in [0.3, 0.4) is 0 Å². The third-order valence-electron chi connectivity index (χ3n) is 4.09. The molecule has 0 aliphatic rings. The third kappa shape index (κ3) is 17.5. The van der Waals surface area contributed by atoms with Gasteiger partial charge in [0.2, 0.25) is 0 Å². The van der Waals surface area contributed by atoms with Crippen molar-refractivity contribution in [3.05, 3.63) is 12.2 Å². The predicted molar refractivity (Wildman–Crippen MR) is 103 cm³/mol. The molecule has 0 aromatic carbocycles. The first-order chi connectivity index (χ1) is 12.2. The molecule has 0 fully saturated rings. The summed E-state index contributed by atoms with van der Waals surface area (Å²) in [6.45, 7) is 2.68. The smallest absolute Gasteiger partial charge is 0.306 e. The van der Waals surface area contributed by atoms with Gasteiger partial charge in [0.05, 0.1) is 21.1 Å². The van der Waals surface area contributed by atoms with Crippen LogP contribution in [0.2, 0.25) is 0 Å². The van der Waals surface area contributed by atoms with Crippen molar-refractivity contribution in [2.75, 3.05) is 27.7 Å². The highest BCUT2D eigenvalue weighted by atomic mass is 16.5. The number of carbonyl (C=O) groups is 2. The van der Waals surface area contributed by atoms with E-state index in [0.29, 0.717) is 17.4 Å². The number of nitrogens with zero attached hydrogens (tertiary/aromatic N) is 1. The van der Waals surface area contributed by atoms with E-state index in [0.717, 1.165) is 19.3 Å². The van der Waals surface area contributed by atoms with Gasteiger partial charge in [-0.1, -0.05) is 51.2 Å². The van der Waals surface area contributed by atoms with Crippen LogP contribution in [0.25, 0.3) is 0 Å². The Morgan fingerprint density at radius 1 is 0.962 bits per heavy atom. The minimum atomic E-state index is -1.19. The zero-order chi connectivity index (χ0) is 19.8. The van der Waals surface area contributed by atoms with Crippen LogP contribution in [0.4, 0.5) is 0 Å². The van der Waals surface area contributed by atoms with E-state index in [-0.39, 0.29) is 12.4 Å². The summed E-state index contributed by atoms with van der Waals surface area (Å²) in [5, 5.41) is 10.8. The topological polar surface area (TPSA) is 66.4 Å². The SMILES string of the molecule is CCCCCCCC/C=C\CCCC(=O)O[C@@H](CC(=O)[O-])C[N+](C)(C)C. The Morgan fingerprint density at radius 2 is 1.54 bits per heavy atom. The van der Waals surface area contributed by atoms with Crippen molar-refractivity contribution in [3.8, 4) is 0 Å². The highest BCUT2D eigenvalue weighted by molar-refractivity contribution is 5.70. The highest BCUT2D eigenvalue weighted by Gasteiger charge is 2.22. The molecule has 0 saturated carbocycles. The standard InChI is InChI=1S/C21H39NO4/c1-5-6-7-8-9-10-11-12-13-14-15-16-21(25)26-19(17-20(23)24)18-22(2,3)4/h12-13,19H,5-11,14-18H2,1-4H3/b13-12-/t19-/m0/s1. The largest absolute Gasteiger partial charge is 0.550 e. The first-order valence-electron chi connectivity index (χ1n) is 10.1. The minimum absolute atomic E-state index is 0.251. The molecule has 0 aromatic heterocycles. The van der Waals surface area contributed by atoms with E-state index in [4.69, 9.17) is 4.74 Å². The van der Waals surface area contributed by atoms with Crippen LogP contribution >= 0.6 is 0 Å². The lowest BCUT2D eigenvalue weighted by Crippen LogP contribution is -2.45. The Labute approximate surface area is 160 Å². The molecule has 0 spiro atoms. The van der Waals surface area contributed by atoms with Gasteiger partial charge in [-0.25, -0.2) is 0 Å². The molecule has 0 saturated heterocycles. The number of allylic oxidation sites excluding steroid dienone is 2. The van der Waals surface area contributed by atoms with Gasteiger partial charge in [-0.05, 0) is 25.7 Å². The van der Waals surface area contributed by atoms with Gasteiger partial charge in [0.15, 0.2) is 6.10 Å². The number of likely N-dealkylation sites (N-methyl/N-ethyl adjacent to an activating group) is 1. The Kier molecular flexibility index (Phi) is 14.0. The summed E-state index contributed by atoms with van der Waals surface area (Å²) in [5.74, 6) is -1.51. The van der Waals surface area contributed by atoms with Gasteiger partial charge in [0, 0.05) is 18.8 Å². The number of ether oxygens (including phenoxy) is 1. The first kappa shape index (κ1) is 24.6. The molecule has 1 atom stereocenters. The van der Waals surface area contributed by atoms with E-state index >= 15 is 0 Å². The van der Waals surface area contributed by atoms with Crippen molar-refractivity contribution in [3.63, 3.8) is 0 Å². The van der Waals surface area contributed by atoms with E-state index in [2.05, 4.69) is 19.1 Å². The van der Waals surface area contributed by atoms with Crippen molar-refractivity contribution in [2.45, 2.75) is 83.7 Å². The second-order valence-corrected chi connectivity index (χ2v) is 8.08. The quantitative estimate of drug-likeness (QED) is 0.181. The van der Waals surface area contributed by atoms with E-state index < -0.39 is 12.1 Å². The molecular formula is C21H39NO4. The second-order valence-electron chi connectivity index (χ2n) is 8.08. The molecule has 5 nitrogen and oxygen atoms in total. The zero-order valence-corrected chi connectivity index (χ0v) is 17.3. The van der Waals surface area contributed by atoms with Gasteiger partial charge in [-0.3, -0.25) is 4.79 Å². The summed E-state index contributed by atoms with van der Waals surface area (Å²) in [7, 11) is 5.81. The molecule has 0 aromatic rings. The number of unbranched alkanes of at least 4 members (excludes halogenated alkanes) is 7. The molecule has 0 aliphatic carbocycles. The summed E-state index contributed by atoms with van der Waals surface area (Å²) in [6, 6.07) is 0. The Bertz CT molecular complexity index is 413. The van der Waals surface area contributed by atoms with Crippen molar-refractivity contribution in [1.29, 1.82) is 0 Å². The molecule has 0 amide bonds. The lowest BCUT2D eigenvalue weighted by molar-refractivity contribution is -0.873. The van der Waals surface area contributed by atoms with Crippen molar-refractivity contribution in [1.82, 2.24) is 0 Å². The highest BCUT2D eigenvalue weighted by Crippen LogP contribution is 2.09. The fourth-order valence-corrected chi connectivity index (χ4v) is 2.83. The number of rotatable bonds is 16. The molecule has 0 heterocycles. The number of esters is 1. The van der Waals surface area contributed by atoms with Crippen molar-refractivity contribution in [2.24, 2.45) is 0 Å². The zero-order valence-electron chi connectivity index (χ0n) is 17.3. The van der Waals surface area contributed by atoms with Crippen molar-refractivity contribution >= 4 is 11.9 Å². The van der Waals surface area contributed by atoms with Gasteiger partial charge in [0.1, 0.15) is 6.54 Å².